The Morgan fingerprint density at radius 2 is 0.765 bits per heavy atom. The molecule has 6 aliphatic rings. The van der Waals surface area contributed by atoms with Crippen molar-refractivity contribution in [2.75, 3.05) is 105 Å². The Hall–Kier alpha value is -5.24. The van der Waals surface area contributed by atoms with Crippen LogP contribution in [0.5, 0.6) is 0 Å². The Morgan fingerprint density at radius 1 is 0.459 bits per heavy atom. The first-order chi connectivity index (χ1) is 40.8. The zero-order chi connectivity index (χ0) is 60.6. The number of benzene rings is 6. The standard InChI is InChI=1S/C34H42BN3O3P.C26H27BIO2P.C8H15N3O/c1-26(32(34(40)41-42(2)35)23-27-6-4-3-5-7-27)22-28-8-12-30(13-9-28)31-14-10-29(11-15-31)24-37-16-19-38(20-17-37,21-18-37)25-33(36)39;1-19(25(26(29)30-31(2)27)17-20-6-4-3-5-7-20)16-21-8-12-23(13-9-21)24-14-10-22(18-28)11-15-24;9-8(12)7-11-4-1-10(2-5-11)3-6-11/h3-15,26,32H,16-25H2,1-2H3,(H-,36,39);3-15,19,25H,16-18H2,1-2H3;1-7H2,(H-,9,12)/q+1;;/p+2/t26-,32-,37?,38?,42?;19-,25-,31?;/m00./s1. The second-order valence-electron chi connectivity index (χ2n) is 24.6. The second-order valence-corrected chi connectivity index (χ2v) is 27.9. The Labute approximate surface area is 524 Å². The van der Waals surface area contributed by atoms with Gasteiger partial charge < -0.3 is 34.0 Å². The average Bonchev–Trinajstić information content (AvgIpc) is 1.36. The number of quaternary nitrogens is 3. The monoisotopic (exact) mass is 1290 g/mol. The number of nitrogens with two attached hydrogens (primary N) is 2. The normalized spacial score (nSPS) is 22.3. The first kappa shape index (κ1) is 65.7. The van der Waals surface area contributed by atoms with Crippen molar-refractivity contribution in [3.63, 3.8) is 0 Å². The predicted molar refractivity (Wildman–Crippen MR) is 357 cm³/mol. The number of hydrogen-bond acceptors (Lipinski definition) is 7. The molecule has 6 heterocycles. The van der Waals surface area contributed by atoms with Crippen molar-refractivity contribution in [2.24, 2.45) is 35.1 Å². The van der Waals surface area contributed by atoms with Gasteiger partial charge in [0.15, 0.2) is 28.2 Å². The maximum absolute atomic E-state index is 13.0. The van der Waals surface area contributed by atoms with Crippen molar-refractivity contribution < 1.29 is 41.7 Å². The van der Waals surface area contributed by atoms with E-state index in [9.17, 15) is 19.2 Å². The molecule has 0 saturated carbocycles. The third-order valence-electron chi connectivity index (χ3n) is 18.1. The summed E-state index contributed by atoms with van der Waals surface area (Å²) in [5.41, 5.74) is 23.0. The molecule has 4 bridgehead atoms. The number of hydrogen-bond donors (Lipinski definition) is 2. The second kappa shape index (κ2) is 31.1. The molecule has 6 atom stereocenters. The lowest BCUT2D eigenvalue weighted by molar-refractivity contribution is -1.08. The van der Waals surface area contributed by atoms with Crippen molar-refractivity contribution in [1.82, 2.24) is 4.90 Å². The first-order valence-corrected chi connectivity index (χ1v) is 35.1. The molecule has 6 saturated heterocycles. The molecule has 0 spiro atoms. The van der Waals surface area contributed by atoms with E-state index in [1.807, 2.05) is 36.4 Å². The third-order valence-corrected chi connectivity index (χ3v) is 19.9. The number of carbonyl (C=O) groups excluding carboxylic acids is 4. The highest BCUT2D eigenvalue weighted by molar-refractivity contribution is 14.1. The van der Waals surface area contributed by atoms with Crippen molar-refractivity contribution in [2.45, 2.75) is 50.5 Å². The maximum Gasteiger partial charge on any atom is 0.311 e. The lowest BCUT2D eigenvalue weighted by atomic mass is 9.84. The Balaban J connectivity index is 0.000000190. The van der Waals surface area contributed by atoms with Crippen LogP contribution in [0.1, 0.15) is 47.2 Å². The smallest absolute Gasteiger partial charge is 0.311 e. The van der Waals surface area contributed by atoms with Gasteiger partial charge >= 0.3 is 11.9 Å². The number of halogens is 1. The van der Waals surface area contributed by atoms with E-state index in [1.54, 1.807) is 13.3 Å². The van der Waals surface area contributed by atoms with Crippen LogP contribution in [0.25, 0.3) is 22.3 Å². The minimum Gasteiger partial charge on any atom is -0.457 e. The van der Waals surface area contributed by atoms with Crippen LogP contribution < -0.4 is 11.5 Å². The summed E-state index contributed by atoms with van der Waals surface area (Å²) in [4.78, 5) is 50.6. The van der Waals surface area contributed by atoms with Crippen molar-refractivity contribution in [1.29, 1.82) is 0 Å². The lowest BCUT2D eigenvalue weighted by Crippen LogP contribution is -2.75. The highest BCUT2D eigenvalue weighted by Crippen LogP contribution is 2.35. The van der Waals surface area contributed by atoms with E-state index in [1.165, 1.54) is 44.5 Å². The molecule has 6 fully saturated rings. The van der Waals surface area contributed by atoms with Crippen LogP contribution in [0, 0.1) is 23.7 Å². The largest absolute Gasteiger partial charge is 0.457 e. The van der Waals surface area contributed by atoms with Crippen LogP contribution in [-0.4, -0.2) is 162 Å². The summed E-state index contributed by atoms with van der Waals surface area (Å²) >= 11 is 2.38. The quantitative estimate of drug-likeness (QED) is 0.0214. The molecule has 2 unspecified atom stereocenters. The third kappa shape index (κ3) is 19.4. The fourth-order valence-corrected chi connectivity index (χ4v) is 14.3. The summed E-state index contributed by atoms with van der Waals surface area (Å²) < 4.78 is 14.9. The Bertz CT molecular complexity index is 3060. The van der Waals surface area contributed by atoms with E-state index in [-0.39, 0.29) is 47.4 Å². The molecule has 6 aromatic carbocycles. The molecule has 0 aromatic heterocycles. The topological polar surface area (TPSA) is 142 Å². The molecule has 4 radical (unpaired) electrons. The number of fused-ring (bicyclic) bond motifs is 6. The molecular weight excluding hydrogens is 1210 g/mol. The SMILES string of the molecule is NC(=O)C[N+]12CCN(CC1)CC2.[B]P(C)OC(=O)[C@@H](Cc1ccccc1)[C@@H](C)Cc1ccc(-c2ccc(CI)cc2)cc1.[B]P(C)OC(=O)[C@@H](Cc1ccccc1)[C@@H](C)Cc1ccc(-c2ccc(C[N+]34CC[N+](CC(N)=O)(CC3)CC4)cc2)cc1. The number of primary amides is 2. The summed E-state index contributed by atoms with van der Waals surface area (Å²) in [5.74, 6) is -0.960. The van der Waals surface area contributed by atoms with Crippen LogP contribution in [0.15, 0.2) is 158 Å². The van der Waals surface area contributed by atoms with E-state index in [2.05, 4.69) is 163 Å². The summed E-state index contributed by atoms with van der Waals surface area (Å²) in [5, 5.41) is 0. The molecular formula is C68H86B2IN6O6P2+3. The number of piperazine rings is 6. The summed E-state index contributed by atoms with van der Waals surface area (Å²) in [6.45, 7) is 23.1. The van der Waals surface area contributed by atoms with E-state index in [4.69, 9.17) is 35.6 Å². The lowest BCUT2D eigenvalue weighted by Gasteiger charge is -2.55. The molecule has 2 amide bonds. The molecule has 12 rings (SSSR count). The number of nitrogens with zero attached hydrogens (tertiary/aromatic N) is 4. The van der Waals surface area contributed by atoms with Gasteiger partial charge in [-0.3, -0.25) is 24.1 Å². The minimum atomic E-state index is -1.24. The van der Waals surface area contributed by atoms with E-state index in [0.29, 0.717) is 25.9 Å². The number of alkyl halides is 1. The summed E-state index contributed by atoms with van der Waals surface area (Å²) in [6.07, 6.45) is 2.90. The molecule has 6 aromatic rings. The highest BCUT2D eigenvalue weighted by Gasteiger charge is 2.49. The van der Waals surface area contributed by atoms with Crippen LogP contribution >= 0.6 is 38.6 Å². The molecule has 17 heteroatoms. The van der Waals surface area contributed by atoms with Gasteiger partial charge in [-0.1, -0.05) is 194 Å². The average molecular weight is 1290 g/mol. The number of rotatable bonds is 23. The first-order valence-electron chi connectivity index (χ1n) is 30.1. The maximum atomic E-state index is 13.0. The molecule has 4 N–H and O–H groups in total. The molecule has 85 heavy (non-hydrogen) atoms. The van der Waals surface area contributed by atoms with Gasteiger partial charge in [0, 0.05) is 45.7 Å². The van der Waals surface area contributed by atoms with Crippen LogP contribution in [0.4, 0.5) is 0 Å². The highest BCUT2D eigenvalue weighted by atomic mass is 127. The van der Waals surface area contributed by atoms with Gasteiger partial charge in [0.05, 0.1) is 31.5 Å². The minimum absolute atomic E-state index is 0.106. The van der Waals surface area contributed by atoms with Crippen molar-refractivity contribution in [3.05, 3.63) is 191 Å². The summed E-state index contributed by atoms with van der Waals surface area (Å²) in [7, 11) is 9.18. The Morgan fingerprint density at radius 3 is 1.09 bits per heavy atom. The van der Waals surface area contributed by atoms with Gasteiger partial charge in [0.2, 0.25) is 0 Å². The fourth-order valence-electron chi connectivity index (χ4n) is 12.9. The van der Waals surface area contributed by atoms with Gasteiger partial charge in [-0.25, -0.2) is 0 Å². The van der Waals surface area contributed by atoms with Gasteiger partial charge in [-0.05, 0) is 101 Å². The van der Waals surface area contributed by atoms with Gasteiger partial charge in [0.1, 0.15) is 45.8 Å². The van der Waals surface area contributed by atoms with Gasteiger partial charge in [-0.2, -0.15) is 0 Å². The Kier molecular flexibility index (Phi) is 24.0. The summed E-state index contributed by atoms with van der Waals surface area (Å²) in [6, 6.07) is 55.3. The molecule has 6 aliphatic heterocycles. The van der Waals surface area contributed by atoms with E-state index >= 15 is 0 Å². The van der Waals surface area contributed by atoms with Crippen molar-refractivity contribution >= 4 is 77.5 Å². The zero-order valence-electron chi connectivity index (χ0n) is 50.3. The molecule has 0 aliphatic carbocycles. The van der Waals surface area contributed by atoms with Gasteiger partial charge in [0.25, 0.3) is 11.8 Å². The van der Waals surface area contributed by atoms with E-state index < -0.39 is 16.1 Å². The van der Waals surface area contributed by atoms with Gasteiger partial charge in [-0.15, -0.1) is 0 Å². The zero-order valence-corrected chi connectivity index (χ0v) is 54.2. The van der Waals surface area contributed by atoms with Crippen LogP contribution in [0.3, 0.4) is 0 Å². The molecule has 444 valence electrons. The molecule has 12 nitrogen and oxygen atoms in total. The number of amides is 2. The predicted octanol–water partition coefficient (Wildman–Crippen LogP) is 10.3. The van der Waals surface area contributed by atoms with E-state index in [0.717, 1.165) is 127 Å². The fraction of sp³-hybridized carbons (Fsp3) is 0.412. The van der Waals surface area contributed by atoms with Crippen LogP contribution in [-0.2, 0) is 64.9 Å². The van der Waals surface area contributed by atoms with Crippen molar-refractivity contribution in [3.8, 4) is 22.3 Å². The number of carbonyl (C=O) groups is 4. The van der Waals surface area contributed by atoms with Crippen LogP contribution in [0.2, 0.25) is 0 Å².